The van der Waals surface area contributed by atoms with Crippen LogP contribution in [0.5, 0.6) is 11.5 Å². The number of rotatable bonds is 7. The number of carbonyl (C=O) groups is 3. The molecular weight excluding hydrogens is 522 g/mol. The van der Waals surface area contributed by atoms with Crippen molar-refractivity contribution in [1.82, 2.24) is 4.90 Å². The Morgan fingerprint density at radius 2 is 1.66 bits per heavy atom. The molecule has 0 aromatic heterocycles. The third-order valence-corrected chi connectivity index (χ3v) is 7.62. The number of carbonyl (C=O) groups excluding carboxylic acids is 3. The third-order valence-electron chi connectivity index (χ3n) is 6.17. The van der Waals surface area contributed by atoms with Gasteiger partial charge in [-0.05, 0) is 23.8 Å². The van der Waals surface area contributed by atoms with E-state index in [1.165, 1.54) is 24.0 Å². The molecule has 0 bridgehead atoms. The summed E-state index contributed by atoms with van der Waals surface area (Å²) in [6, 6.07) is 21.7. The first-order valence-electron chi connectivity index (χ1n) is 11.7. The molecule has 0 radical (unpaired) electrons. The van der Waals surface area contributed by atoms with E-state index in [4.69, 9.17) is 21.7 Å². The third kappa shape index (κ3) is 4.75. The molecule has 38 heavy (non-hydrogen) atoms. The van der Waals surface area contributed by atoms with Crippen molar-refractivity contribution >= 4 is 63.0 Å². The van der Waals surface area contributed by atoms with Crippen molar-refractivity contribution in [2.75, 3.05) is 31.0 Å². The molecule has 0 aliphatic carbocycles. The molecule has 0 saturated carbocycles. The molecule has 0 unspecified atom stereocenters. The fourth-order valence-corrected chi connectivity index (χ4v) is 5.67. The number of hydrogen-bond acceptors (Lipinski definition) is 7. The first-order chi connectivity index (χ1) is 18.4. The predicted molar refractivity (Wildman–Crippen MR) is 151 cm³/mol. The molecule has 3 aromatic rings. The van der Waals surface area contributed by atoms with Gasteiger partial charge in [-0.2, -0.15) is 0 Å². The highest BCUT2D eigenvalue weighted by atomic mass is 32.2. The summed E-state index contributed by atoms with van der Waals surface area (Å²) in [5.74, 6) is -0.166. The van der Waals surface area contributed by atoms with Crippen LogP contribution < -0.4 is 19.7 Å². The highest BCUT2D eigenvalue weighted by molar-refractivity contribution is 8.26. The summed E-state index contributed by atoms with van der Waals surface area (Å²) in [6.07, 6.45) is 0. The number of nitrogens with one attached hydrogen (secondary N) is 1. The lowest BCUT2D eigenvalue weighted by Crippen LogP contribution is -2.35. The normalized spacial score (nSPS) is 16.6. The lowest BCUT2D eigenvalue weighted by atomic mass is 10.1. The summed E-state index contributed by atoms with van der Waals surface area (Å²) < 4.78 is 10.9. The Morgan fingerprint density at radius 3 is 2.39 bits per heavy atom. The smallest absolute Gasteiger partial charge is 0.267 e. The van der Waals surface area contributed by atoms with Crippen LogP contribution in [0, 0.1) is 0 Å². The van der Waals surface area contributed by atoms with E-state index in [1.807, 2.05) is 30.3 Å². The summed E-state index contributed by atoms with van der Waals surface area (Å²) in [4.78, 5) is 43.3. The van der Waals surface area contributed by atoms with Gasteiger partial charge in [0.1, 0.15) is 22.4 Å². The summed E-state index contributed by atoms with van der Waals surface area (Å²) in [6.45, 7) is 0.0623. The average Bonchev–Trinajstić information content (AvgIpc) is 3.36. The Bertz CT molecular complexity index is 1490. The number of thiocarbonyl (C=S) groups is 1. The van der Waals surface area contributed by atoms with Crippen LogP contribution >= 0.6 is 24.0 Å². The van der Waals surface area contributed by atoms with E-state index in [-0.39, 0.29) is 22.9 Å². The molecule has 5 rings (SSSR count). The number of amides is 3. The second-order valence-corrected chi connectivity index (χ2v) is 10.1. The van der Waals surface area contributed by atoms with Gasteiger partial charge in [-0.15, -0.1) is 0 Å². The van der Waals surface area contributed by atoms with Gasteiger partial charge in [-0.25, -0.2) is 0 Å². The van der Waals surface area contributed by atoms with Gasteiger partial charge in [0.2, 0.25) is 5.91 Å². The van der Waals surface area contributed by atoms with Gasteiger partial charge >= 0.3 is 0 Å². The van der Waals surface area contributed by atoms with Gasteiger partial charge in [-0.1, -0.05) is 72.5 Å². The van der Waals surface area contributed by atoms with Crippen molar-refractivity contribution in [2.24, 2.45) is 0 Å². The Labute approximate surface area is 229 Å². The molecule has 8 nitrogen and oxygen atoms in total. The highest BCUT2D eigenvalue weighted by Crippen LogP contribution is 2.44. The number of para-hydroxylation sites is 1. The molecule has 1 fully saturated rings. The number of ether oxygens (including phenoxy) is 2. The summed E-state index contributed by atoms with van der Waals surface area (Å²) in [5.41, 5.74) is 2.77. The monoisotopic (exact) mass is 545 g/mol. The fraction of sp³-hybridized carbons (Fsp3) is 0.143. The van der Waals surface area contributed by atoms with E-state index >= 15 is 0 Å². The zero-order valence-corrected chi connectivity index (χ0v) is 22.2. The van der Waals surface area contributed by atoms with Crippen molar-refractivity contribution in [3.8, 4) is 11.5 Å². The van der Waals surface area contributed by atoms with Gasteiger partial charge < -0.3 is 14.8 Å². The Balaban J connectivity index is 1.41. The van der Waals surface area contributed by atoms with E-state index in [1.54, 1.807) is 42.5 Å². The van der Waals surface area contributed by atoms with E-state index in [0.29, 0.717) is 39.3 Å². The van der Waals surface area contributed by atoms with E-state index in [2.05, 4.69) is 5.32 Å². The predicted octanol–water partition coefficient (Wildman–Crippen LogP) is 4.46. The molecule has 1 saturated heterocycles. The zero-order chi connectivity index (χ0) is 26.8. The van der Waals surface area contributed by atoms with Gasteiger partial charge in [0.15, 0.2) is 0 Å². The SMILES string of the molecule is COc1ccc(NC(=O)CN2C(=O)/C(=C3\SC(=S)N(Cc4ccccc4)C3=O)c3ccccc32)c(OC)c1. The molecule has 2 aliphatic heterocycles. The molecule has 0 spiro atoms. The summed E-state index contributed by atoms with van der Waals surface area (Å²) in [5, 5.41) is 2.79. The molecule has 2 aliphatic rings. The van der Waals surface area contributed by atoms with E-state index in [0.717, 1.165) is 17.3 Å². The van der Waals surface area contributed by atoms with Crippen LogP contribution in [0.2, 0.25) is 0 Å². The van der Waals surface area contributed by atoms with Crippen LogP contribution in [-0.2, 0) is 20.9 Å². The minimum absolute atomic E-state index is 0.251. The molecule has 2 heterocycles. The number of anilines is 2. The maximum atomic E-state index is 13.7. The quantitative estimate of drug-likeness (QED) is 0.346. The number of hydrogen-bond donors (Lipinski definition) is 1. The molecule has 10 heteroatoms. The number of methoxy groups -OCH3 is 2. The Hall–Kier alpha value is -4.15. The van der Waals surface area contributed by atoms with E-state index < -0.39 is 11.8 Å². The standard InChI is InChI=1S/C28H23N3O5S2/c1-35-18-12-13-20(22(14-18)36-2)29-23(32)16-30-21-11-7-6-10-19(21)24(26(30)33)25-27(34)31(28(37)38-25)15-17-8-4-3-5-9-17/h3-14H,15-16H2,1-2H3,(H,29,32)/b25-24-. The van der Waals surface area contributed by atoms with Crippen molar-refractivity contribution in [3.63, 3.8) is 0 Å². The average molecular weight is 546 g/mol. The van der Waals surface area contributed by atoms with Crippen molar-refractivity contribution in [2.45, 2.75) is 6.54 Å². The van der Waals surface area contributed by atoms with Gasteiger partial charge in [-0.3, -0.25) is 24.2 Å². The molecule has 192 valence electrons. The van der Waals surface area contributed by atoms with Crippen molar-refractivity contribution < 1.29 is 23.9 Å². The van der Waals surface area contributed by atoms with Crippen LogP contribution in [0.15, 0.2) is 77.7 Å². The van der Waals surface area contributed by atoms with Crippen molar-refractivity contribution in [1.29, 1.82) is 0 Å². The minimum atomic E-state index is -0.428. The van der Waals surface area contributed by atoms with Gasteiger partial charge in [0.05, 0.1) is 42.6 Å². The summed E-state index contributed by atoms with van der Waals surface area (Å²) in [7, 11) is 3.03. The first kappa shape index (κ1) is 25.5. The number of fused-ring (bicyclic) bond motifs is 1. The first-order valence-corrected chi connectivity index (χ1v) is 12.9. The highest BCUT2D eigenvalue weighted by Gasteiger charge is 2.42. The number of thioether (sulfide) groups is 1. The zero-order valence-electron chi connectivity index (χ0n) is 20.6. The molecule has 0 atom stereocenters. The maximum absolute atomic E-state index is 13.7. The Kier molecular flexibility index (Phi) is 7.17. The van der Waals surface area contributed by atoms with E-state index in [9.17, 15) is 14.4 Å². The Morgan fingerprint density at radius 1 is 0.921 bits per heavy atom. The molecule has 3 aromatic carbocycles. The van der Waals surface area contributed by atoms with Gasteiger partial charge in [0.25, 0.3) is 11.8 Å². The van der Waals surface area contributed by atoms with Crippen LogP contribution in [0.3, 0.4) is 0 Å². The number of benzene rings is 3. The second kappa shape index (κ2) is 10.7. The van der Waals surface area contributed by atoms with Gasteiger partial charge in [0, 0.05) is 11.6 Å². The molecule has 3 amide bonds. The topological polar surface area (TPSA) is 88.2 Å². The van der Waals surface area contributed by atoms with Crippen LogP contribution in [-0.4, -0.2) is 47.7 Å². The van der Waals surface area contributed by atoms with Crippen LogP contribution in [0.25, 0.3) is 5.57 Å². The van der Waals surface area contributed by atoms with Crippen molar-refractivity contribution in [3.05, 3.63) is 88.8 Å². The largest absolute Gasteiger partial charge is 0.497 e. The second-order valence-electron chi connectivity index (χ2n) is 8.47. The van der Waals surface area contributed by atoms with Crippen LogP contribution in [0.1, 0.15) is 11.1 Å². The lowest BCUT2D eigenvalue weighted by Gasteiger charge is -2.18. The molecule has 1 N–H and O–H groups in total. The number of nitrogens with zero attached hydrogens (tertiary/aromatic N) is 2. The lowest BCUT2D eigenvalue weighted by molar-refractivity contribution is -0.122. The summed E-state index contributed by atoms with van der Waals surface area (Å²) >= 11 is 6.61. The fourth-order valence-electron chi connectivity index (χ4n) is 4.34. The maximum Gasteiger partial charge on any atom is 0.267 e. The van der Waals surface area contributed by atoms with Crippen LogP contribution in [0.4, 0.5) is 11.4 Å². The minimum Gasteiger partial charge on any atom is -0.497 e. The molecular formula is C28H23N3O5S2.